The number of thiazole rings is 1. The number of nitrogens with zero attached hydrogens (tertiary/aromatic N) is 2. The van der Waals surface area contributed by atoms with Gasteiger partial charge in [-0.15, -0.1) is 0 Å². The average Bonchev–Trinajstić information content (AvgIpc) is 3.15. The Morgan fingerprint density at radius 2 is 1.83 bits per heavy atom. The van der Waals surface area contributed by atoms with Crippen LogP contribution in [-0.2, 0) is 10.0 Å². The largest absolute Gasteiger partial charge is 0.298 e. The van der Waals surface area contributed by atoms with Crippen LogP contribution in [0.15, 0.2) is 47.4 Å². The zero-order valence-corrected chi connectivity index (χ0v) is 18.1. The van der Waals surface area contributed by atoms with Gasteiger partial charge in [-0.05, 0) is 55.3 Å². The summed E-state index contributed by atoms with van der Waals surface area (Å²) in [6, 6.07) is 10.2. The van der Waals surface area contributed by atoms with Crippen molar-refractivity contribution in [2.45, 2.75) is 43.0 Å². The molecule has 0 atom stereocenters. The van der Waals surface area contributed by atoms with Gasteiger partial charge >= 0.3 is 0 Å². The van der Waals surface area contributed by atoms with Crippen LogP contribution in [0.25, 0.3) is 10.2 Å². The van der Waals surface area contributed by atoms with Crippen LogP contribution in [0.3, 0.4) is 0 Å². The molecule has 2 aromatic carbocycles. The Hall–Kier alpha value is -2.36. The summed E-state index contributed by atoms with van der Waals surface area (Å²) in [5.74, 6) is -0.766. The van der Waals surface area contributed by atoms with Gasteiger partial charge in [-0.25, -0.2) is 17.8 Å². The molecule has 1 heterocycles. The zero-order chi connectivity index (χ0) is 21.3. The molecular weight excluding hydrogens is 425 g/mol. The molecule has 0 bridgehead atoms. The number of aromatic nitrogens is 1. The van der Waals surface area contributed by atoms with E-state index in [1.807, 2.05) is 0 Å². The molecule has 158 valence electrons. The van der Waals surface area contributed by atoms with Crippen LogP contribution >= 0.6 is 11.3 Å². The molecule has 1 aliphatic rings. The summed E-state index contributed by atoms with van der Waals surface area (Å²) in [6.45, 7) is 0. The Morgan fingerprint density at radius 1 is 1.13 bits per heavy atom. The molecular formula is C21H22FN3O3S2. The van der Waals surface area contributed by atoms with Gasteiger partial charge in [0.15, 0.2) is 5.13 Å². The number of hydrogen-bond acceptors (Lipinski definition) is 5. The fourth-order valence-electron chi connectivity index (χ4n) is 3.71. The highest BCUT2D eigenvalue weighted by Crippen LogP contribution is 2.28. The molecule has 0 spiro atoms. The van der Waals surface area contributed by atoms with E-state index in [2.05, 4.69) is 10.3 Å². The van der Waals surface area contributed by atoms with E-state index in [0.717, 1.165) is 32.1 Å². The van der Waals surface area contributed by atoms with Crippen LogP contribution in [0, 0.1) is 5.82 Å². The highest BCUT2D eigenvalue weighted by Gasteiger charge is 2.29. The topological polar surface area (TPSA) is 79.4 Å². The molecule has 9 heteroatoms. The van der Waals surface area contributed by atoms with Gasteiger partial charge in [0.05, 0.1) is 15.1 Å². The summed E-state index contributed by atoms with van der Waals surface area (Å²) < 4.78 is 41.3. The van der Waals surface area contributed by atoms with Gasteiger partial charge in [-0.3, -0.25) is 10.1 Å². The van der Waals surface area contributed by atoms with Crippen molar-refractivity contribution in [3.05, 3.63) is 53.8 Å². The third kappa shape index (κ3) is 4.23. The lowest BCUT2D eigenvalue weighted by molar-refractivity contribution is 0.102. The standard InChI is InChI=1S/C21H22FN3O3S2/c1-25(16-5-3-2-4-6-16)30(27,28)17-10-7-14(8-11-17)20(26)24-21-23-18-12-9-15(22)13-19(18)29-21/h7-13,16H,2-6H2,1H3,(H,23,24,26). The number of amides is 1. The lowest BCUT2D eigenvalue weighted by Crippen LogP contribution is -2.38. The number of rotatable bonds is 5. The van der Waals surface area contributed by atoms with Crippen molar-refractivity contribution in [3.8, 4) is 0 Å². The molecule has 0 aliphatic heterocycles. The predicted molar refractivity (Wildman–Crippen MR) is 116 cm³/mol. The van der Waals surface area contributed by atoms with E-state index < -0.39 is 15.9 Å². The number of anilines is 1. The smallest absolute Gasteiger partial charge is 0.257 e. The first-order chi connectivity index (χ1) is 14.3. The first-order valence-corrected chi connectivity index (χ1v) is 12.1. The van der Waals surface area contributed by atoms with Crippen molar-refractivity contribution in [2.75, 3.05) is 12.4 Å². The van der Waals surface area contributed by atoms with Crippen molar-refractivity contribution in [1.29, 1.82) is 0 Å². The van der Waals surface area contributed by atoms with E-state index in [1.165, 1.54) is 52.0 Å². The minimum Gasteiger partial charge on any atom is -0.298 e. The highest BCUT2D eigenvalue weighted by atomic mass is 32.2. The van der Waals surface area contributed by atoms with E-state index >= 15 is 0 Å². The molecule has 1 aliphatic carbocycles. The lowest BCUT2D eigenvalue weighted by Gasteiger charge is -2.30. The minimum atomic E-state index is -3.61. The average molecular weight is 448 g/mol. The van der Waals surface area contributed by atoms with E-state index in [0.29, 0.717) is 20.9 Å². The van der Waals surface area contributed by atoms with Gasteiger partial charge in [-0.1, -0.05) is 30.6 Å². The summed E-state index contributed by atoms with van der Waals surface area (Å²) in [7, 11) is -1.98. The van der Waals surface area contributed by atoms with Crippen LogP contribution in [0.1, 0.15) is 42.5 Å². The monoisotopic (exact) mass is 447 g/mol. The molecule has 4 rings (SSSR count). The maximum atomic E-state index is 13.3. The predicted octanol–water partition coefficient (Wildman–Crippen LogP) is 4.64. The first kappa shape index (κ1) is 20.9. The third-order valence-electron chi connectivity index (χ3n) is 5.45. The highest BCUT2D eigenvalue weighted by molar-refractivity contribution is 7.89. The molecule has 1 N–H and O–H groups in total. The Labute approximate surface area is 178 Å². The minimum absolute atomic E-state index is 0.0237. The number of carbonyl (C=O) groups is 1. The van der Waals surface area contributed by atoms with Crippen molar-refractivity contribution < 1.29 is 17.6 Å². The Morgan fingerprint density at radius 3 is 2.53 bits per heavy atom. The molecule has 0 saturated heterocycles. The molecule has 1 aromatic heterocycles. The number of nitrogens with one attached hydrogen (secondary N) is 1. The number of carbonyl (C=O) groups excluding carboxylic acids is 1. The molecule has 1 fully saturated rings. The van der Waals surface area contributed by atoms with E-state index in [1.54, 1.807) is 13.1 Å². The summed E-state index contributed by atoms with van der Waals surface area (Å²) in [5, 5.41) is 3.04. The van der Waals surface area contributed by atoms with Crippen LogP contribution in [0.2, 0.25) is 0 Å². The Kier molecular flexibility index (Phi) is 5.86. The fourth-order valence-corrected chi connectivity index (χ4v) is 6.01. The second-order valence-corrected chi connectivity index (χ2v) is 10.5. The number of benzene rings is 2. The van der Waals surface area contributed by atoms with Crippen molar-refractivity contribution in [1.82, 2.24) is 9.29 Å². The SMILES string of the molecule is CN(C1CCCCC1)S(=O)(=O)c1ccc(C(=O)Nc2nc3ccc(F)cc3s2)cc1. The van der Waals surface area contributed by atoms with Gasteiger partial charge in [0.2, 0.25) is 10.0 Å². The summed E-state index contributed by atoms with van der Waals surface area (Å²) >= 11 is 1.18. The van der Waals surface area contributed by atoms with Crippen LogP contribution in [-0.4, -0.2) is 36.7 Å². The summed E-state index contributed by atoms with van der Waals surface area (Å²) in [6.07, 6.45) is 4.99. The number of sulfonamides is 1. The van der Waals surface area contributed by atoms with Crippen molar-refractivity contribution >= 4 is 42.6 Å². The zero-order valence-electron chi connectivity index (χ0n) is 16.5. The summed E-state index contributed by atoms with van der Waals surface area (Å²) in [5.41, 5.74) is 0.920. The Balaban J connectivity index is 1.48. The molecule has 30 heavy (non-hydrogen) atoms. The molecule has 3 aromatic rings. The molecule has 1 amide bonds. The van der Waals surface area contributed by atoms with Gasteiger partial charge < -0.3 is 0 Å². The molecule has 0 unspecified atom stereocenters. The van der Waals surface area contributed by atoms with Crippen LogP contribution in [0.4, 0.5) is 9.52 Å². The first-order valence-electron chi connectivity index (χ1n) is 9.80. The van der Waals surface area contributed by atoms with E-state index in [9.17, 15) is 17.6 Å². The normalized spacial score (nSPS) is 15.6. The van der Waals surface area contributed by atoms with Crippen LogP contribution < -0.4 is 5.32 Å². The molecule has 1 saturated carbocycles. The third-order valence-corrected chi connectivity index (χ3v) is 8.31. The maximum Gasteiger partial charge on any atom is 0.257 e. The number of hydrogen-bond donors (Lipinski definition) is 1. The van der Waals surface area contributed by atoms with Crippen LogP contribution in [0.5, 0.6) is 0 Å². The molecule has 6 nitrogen and oxygen atoms in total. The number of fused-ring (bicyclic) bond motifs is 1. The van der Waals surface area contributed by atoms with E-state index in [-0.39, 0.29) is 16.8 Å². The second kappa shape index (κ2) is 8.41. The van der Waals surface area contributed by atoms with Gasteiger partial charge in [0.25, 0.3) is 5.91 Å². The fraction of sp³-hybridized carbons (Fsp3) is 0.333. The quantitative estimate of drug-likeness (QED) is 0.618. The van der Waals surface area contributed by atoms with E-state index in [4.69, 9.17) is 0 Å². The van der Waals surface area contributed by atoms with Crippen molar-refractivity contribution in [3.63, 3.8) is 0 Å². The summed E-state index contributed by atoms with van der Waals surface area (Å²) in [4.78, 5) is 17.0. The maximum absolute atomic E-state index is 13.3. The number of halogens is 1. The van der Waals surface area contributed by atoms with Gasteiger partial charge in [0, 0.05) is 18.7 Å². The van der Waals surface area contributed by atoms with Gasteiger partial charge in [0.1, 0.15) is 5.82 Å². The second-order valence-electron chi connectivity index (χ2n) is 7.42. The van der Waals surface area contributed by atoms with Crippen molar-refractivity contribution in [2.24, 2.45) is 0 Å². The lowest BCUT2D eigenvalue weighted by atomic mass is 9.96. The molecule has 0 radical (unpaired) electrons. The van der Waals surface area contributed by atoms with Gasteiger partial charge in [-0.2, -0.15) is 4.31 Å². The Bertz CT molecular complexity index is 1170.